The molecule has 1 heterocycles. The largest absolute Gasteiger partial charge is 0.399 e. The second kappa shape index (κ2) is 2.97. The quantitative estimate of drug-likeness (QED) is 0.698. The Balaban J connectivity index is 2.77. The molecule has 2 nitrogen and oxygen atoms in total. The molecular formula is C10H10F2N2. The van der Waals surface area contributed by atoms with E-state index in [1.807, 2.05) is 0 Å². The lowest BCUT2D eigenvalue weighted by molar-refractivity contribution is 0.0733. The van der Waals surface area contributed by atoms with Crippen molar-refractivity contribution in [2.45, 2.75) is 13.5 Å². The Hall–Kier alpha value is -1.58. The molecule has 0 aliphatic carbocycles. The van der Waals surface area contributed by atoms with E-state index in [9.17, 15) is 8.78 Å². The van der Waals surface area contributed by atoms with Gasteiger partial charge >= 0.3 is 6.55 Å². The van der Waals surface area contributed by atoms with Crippen LogP contribution in [0.2, 0.25) is 0 Å². The highest BCUT2D eigenvalue weighted by atomic mass is 19.3. The van der Waals surface area contributed by atoms with Crippen LogP contribution in [0, 0.1) is 6.92 Å². The van der Waals surface area contributed by atoms with Crippen LogP contribution in [0.5, 0.6) is 0 Å². The molecule has 0 aliphatic heterocycles. The maximum Gasteiger partial charge on any atom is 0.319 e. The van der Waals surface area contributed by atoms with Crippen molar-refractivity contribution >= 4 is 16.6 Å². The maximum absolute atomic E-state index is 12.6. The normalized spacial score (nSPS) is 11.4. The lowest BCUT2D eigenvalue weighted by Crippen LogP contribution is -1.99. The van der Waals surface area contributed by atoms with Crippen molar-refractivity contribution in [3.63, 3.8) is 0 Å². The molecule has 0 saturated carbocycles. The predicted molar refractivity (Wildman–Crippen MR) is 52.3 cm³/mol. The van der Waals surface area contributed by atoms with Crippen LogP contribution in [0.15, 0.2) is 24.3 Å². The molecule has 0 saturated heterocycles. The van der Waals surface area contributed by atoms with Gasteiger partial charge in [0.1, 0.15) is 0 Å². The second-order valence-corrected chi connectivity index (χ2v) is 3.25. The molecule has 1 aromatic carbocycles. The molecule has 0 unspecified atom stereocenters. The lowest BCUT2D eigenvalue weighted by atomic mass is 10.2. The number of hydrogen-bond acceptors (Lipinski definition) is 1. The molecule has 0 amide bonds. The van der Waals surface area contributed by atoms with Crippen molar-refractivity contribution in [3.8, 4) is 0 Å². The van der Waals surface area contributed by atoms with Crippen LogP contribution in [0.25, 0.3) is 10.9 Å². The van der Waals surface area contributed by atoms with Gasteiger partial charge < -0.3 is 5.73 Å². The Morgan fingerprint density at radius 3 is 2.64 bits per heavy atom. The SMILES string of the molecule is Cc1cc2cc(N)ccc2n1C(F)F. The van der Waals surface area contributed by atoms with E-state index in [0.29, 0.717) is 16.9 Å². The summed E-state index contributed by atoms with van der Waals surface area (Å²) in [4.78, 5) is 0. The minimum atomic E-state index is -2.50. The Morgan fingerprint density at radius 1 is 1.29 bits per heavy atom. The minimum absolute atomic E-state index is 0.520. The van der Waals surface area contributed by atoms with E-state index in [4.69, 9.17) is 5.73 Å². The molecule has 4 heteroatoms. The van der Waals surface area contributed by atoms with E-state index in [0.717, 1.165) is 9.95 Å². The fourth-order valence-electron chi connectivity index (χ4n) is 1.65. The summed E-state index contributed by atoms with van der Waals surface area (Å²) in [5, 5.41) is 0.753. The van der Waals surface area contributed by atoms with Crippen molar-refractivity contribution in [3.05, 3.63) is 30.0 Å². The van der Waals surface area contributed by atoms with Gasteiger partial charge in [0.25, 0.3) is 0 Å². The average molecular weight is 196 g/mol. The van der Waals surface area contributed by atoms with Crippen molar-refractivity contribution in [2.24, 2.45) is 0 Å². The lowest BCUT2D eigenvalue weighted by Gasteiger charge is -2.05. The third-order valence-corrected chi connectivity index (χ3v) is 2.25. The summed E-state index contributed by atoms with van der Waals surface area (Å²) in [5.74, 6) is 0. The van der Waals surface area contributed by atoms with E-state index < -0.39 is 6.55 Å². The molecule has 0 atom stereocenters. The van der Waals surface area contributed by atoms with Crippen LogP contribution < -0.4 is 5.73 Å². The van der Waals surface area contributed by atoms with Crippen molar-refractivity contribution in [1.82, 2.24) is 4.57 Å². The summed E-state index contributed by atoms with van der Waals surface area (Å²) in [6, 6.07) is 6.64. The number of nitrogens with two attached hydrogens (primary N) is 1. The molecule has 0 bridgehead atoms. The standard InChI is InChI=1S/C10H10F2N2/c1-6-4-7-5-8(13)2-3-9(7)14(6)10(11)12/h2-5,10H,13H2,1H3. The predicted octanol–water partition coefficient (Wildman–Crippen LogP) is 2.93. The van der Waals surface area contributed by atoms with Gasteiger partial charge in [0.2, 0.25) is 0 Å². The number of benzene rings is 1. The first-order valence-electron chi connectivity index (χ1n) is 4.25. The molecule has 0 aliphatic rings. The number of fused-ring (bicyclic) bond motifs is 1. The van der Waals surface area contributed by atoms with Gasteiger partial charge in [0, 0.05) is 16.8 Å². The third kappa shape index (κ3) is 1.23. The Kier molecular flexibility index (Phi) is 1.91. The zero-order chi connectivity index (χ0) is 10.3. The van der Waals surface area contributed by atoms with Crippen molar-refractivity contribution in [2.75, 3.05) is 5.73 Å². The molecule has 2 aromatic rings. The molecule has 2 N–H and O–H groups in total. The van der Waals surface area contributed by atoms with Crippen LogP contribution in [0.1, 0.15) is 12.2 Å². The number of aromatic nitrogens is 1. The number of aryl methyl sites for hydroxylation is 1. The molecule has 74 valence electrons. The van der Waals surface area contributed by atoms with Crippen LogP contribution in [-0.4, -0.2) is 4.57 Å². The maximum atomic E-state index is 12.6. The molecular weight excluding hydrogens is 186 g/mol. The zero-order valence-electron chi connectivity index (χ0n) is 7.67. The summed E-state index contributed by atoms with van der Waals surface area (Å²) >= 11 is 0. The molecule has 0 spiro atoms. The van der Waals surface area contributed by atoms with Gasteiger partial charge in [-0.05, 0) is 31.2 Å². The minimum Gasteiger partial charge on any atom is -0.399 e. The van der Waals surface area contributed by atoms with Crippen LogP contribution in [-0.2, 0) is 0 Å². The second-order valence-electron chi connectivity index (χ2n) is 3.25. The van der Waals surface area contributed by atoms with Gasteiger partial charge in [-0.15, -0.1) is 0 Å². The monoisotopic (exact) mass is 196 g/mol. The summed E-state index contributed by atoms with van der Waals surface area (Å²) in [6.07, 6.45) is 0. The summed E-state index contributed by atoms with van der Waals surface area (Å²) in [6.45, 7) is -0.848. The fraction of sp³-hybridized carbons (Fsp3) is 0.200. The van der Waals surface area contributed by atoms with Gasteiger partial charge in [-0.2, -0.15) is 8.78 Å². The first kappa shape index (κ1) is 8.99. The van der Waals surface area contributed by atoms with Crippen molar-refractivity contribution in [1.29, 1.82) is 0 Å². The highest BCUT2D eigenvalue weighted by molar-refractivity contribution is 5.84. The van der Waals surface area contributed by atoms with Crippen LogP contribution in [0.3, 0.4) is 0 Å². The van der Waals surface area contributed by atoms with Crippen LogP contribution in [0.4, 0.5) is 14.5 Å². The Morgan fingerprint density at radius 2 is 2.00 bits per heavy atom. The molecule has 0 radical (unpaired) electrons. The number of rotatable bonds is 1. The number of halogens is 2. The van der Waals surface area contributed by atoms with Gasteiger partial charge in [-0.1, -0.05) is 0 Å². The summed E-state index contributed by atoms with van der Waals surface area (Å²) < 4.78 is 26.2. The van der Waals surface area contributed by atoms with Gasteiger partial charge in [-0.25, -0.2) is 0 Å². The first-order valence-corrected chi connectivity index (χ1v) is 4.25. The third-order valence-electron chi connectivity index (χ3n) is 2.25. The van der Waals surface area contributed by atoms with E-state index >= 15 is 0 Å². The summed E-state index contributed by atoms with van der Waals surface area (Å²) in [7, 11) is 0. The molecule has 14 heavy (non-hydrogen) atoms. The number of alkyl halides is 2. The number of hydrogen-bond donors (Lipinski definition) is 1. The van der Waals surface area contributed by atoms with Crippen LogP contribution >= 0.6 is 0 Å². The van der Waals surface area contributed by atoms with Gasteiger partial charge in [0.15, 0.2) is 0 Å². The average Bonchev–Trinajstić information content (AvgIpc) is 2.39. The smallest absolute Gasteiger partial charge is 0.319 e. The highest BCUT2D eigenvalue weighted by Gasteiger charge is 2.12. The Bertz CT molecular complexity index is 474. The topological polar surface area (TPSA) is 30.9 Å². The van der Waals surface area contributed by atoms with Gasteiger partial charge in [0.05, 0.1) is 5.52 Å². The van der Waals surface area contributed by atoms with E-state index in [1.54, 1.807) is 31.2 Å². The van der Waals surface area contributed by atoms with Crippen molar-refractivity contribution < 1.29 is 8.78 Å². The number of nitrogens with zero attached hydrogens (tertiary/aromatic N) is 1. The Labute approximate surface area is 79.9 Å². The van der Waals surface area contributed by atoms with E-state index in [-0.39, 0.29) is 0 Å². The molecule has 0 fully saturated rings. The molecule has 2 rings (SSSR count). The summed E-state index contributed by atoms with van der Waals surface area (Å²) in [5.41, 5.74) is 7.21. The fourth-order valence-corrected chi connectivity index (χ4v) is 1.65. The van der Waals surface area contributed by atoms with E-state index in [2.05, 4.69) is 0 Å². The van der Waals surface area contributed by atoms with Gasteiger partial charge in [-0.3, -0.25) is 4.57 Å². The number of anilines is 1. The number of nitrogen functional groups attached to an aromatic ring is 1. The first-order chi connectivity index (χ1) is 6.59. The highest BCUT2D eigenvalue weighted by Crippen LogP contribution is 2.26. The van der Waals surface area contributed by atoms with E-state index in [1.165, 1.54) is 0 Å². The molecule has 1 aromatic heterocycles. The zero-order valence-corrected chi connectivity index (χ0v) is 7.67.